The first-order valence-electron chi connectivity index (χ1n) is 9.28. The molecule has 0 bridgehead atoms. The minimum atomic E-state index is -4.49. The molecule has 1 unspecified atom stereocenters. The summed E-state index contributed by atoms with van der Waals surface area (Å²) < 4.78 is 40.3. The third kappa shape index (κ3) is 4.72. The van der Waals surface area contributed by atoms with Gasteiger partial charge in [0.2, 0.25) is 5.91 Å². The number of amides is 1. The van der Waals surface area contributed by atoms with E-state index in [1.54, 1.807) is 23.1 Å². The maximum absolute atomic E-state index is 13.4. The van der Waals surface area contributed by atoms with Gasteiger partial charge >= 0.3 is 6.18 Å². The Bertz CT molecular complexity index is 767. The lowest BCUT2D eigenvalue weighted by molar-refractivity contribution is -0.159. The number of halogens is 3. The van der Waals surface area contributed by atoms with Crippen molar-refractivity contribution in [2.24, 2.45) is 11.7 Å². The first-order valence-corrected chi connectivity index (χ1v) is 9.28. The Balaban J connectivity index is 1.66. The number of nitrogens with two attached hydrogens (primary N) is 1. The Morgan fingerprint density at radius 3 is 2.25 bits per heavy atom. The lowest BCUT2D eigenvalue weighted by Gasteiger charge is -2.24. The summed E-state index contributed by atoms with van der Waals surface area (Å²) in [6, 6.07) is 15.5. The zero-order valence-electron chi connectivity index (χ0n) is 15.4. The highest BCUT2D eigenvalue weighted by Gasteiger charge is 2.41. The van der Waals surface area contributed by atoms with Crippen molar-refractivity contribution in [2.45, 2.75) is 18.1 Å². The number of carbonyl (C=O) groups is 1. The summed E-state index contributed by atoms with van der Waals surface area (Å²) >= 11 is 0. The average Bonchev–Trinajstić information content (AvgIpc) is 3.13. The van der Waals surface area contributed by atoms with Gasteiger partial charge in [0.05, 0.1) is 6.54 Å². The van der Waals surface area contributed by atoms with Crippen LogP contribution in [0.25, 0.3) is 0 Å². The fourth-order valence-corrected chi connectivity index (χ4v) is 3.76. The highest BCUT2D eigenvalue weighted by Crippen LogP contribution is 2.34. The second kappa shape index (κ2) is 8.75. The molecule has 7 heteroatoms. The number of nitrogens with zero attached hydrogens (tertiary/aromatic N) is 1. The van der Waals surface area contributed by atoms with Gasteiger partial charge in [0, 0.05) is 19.0 Å². The van der Waals surface area contributed by atoms with Crippen LogP contribution in [0.3, 0.4) is 0 Å². The minimum absolute atomic E-state index is 0.0891. The molecule has 1 amide bonds. The Kier molecular flexibility index (Phi) is 6.36. The van der Waals surface area contributed by atoms with E-state index in [1.165, 1.54) is 12.1 Å². The molecular weight excluding hydrogens is 367 g/mol. The standard InChI is InChI=1S/C21H24F3N3O/c22-21(23,24)20(16-9-5-2-6-10-16)26-12-19(28)27-13-17(11-25)18(14-27)15-7-3-1-4-8-15/h1-10,17-18,20,26H,11-14,25H2/t17-,18+,20?/m1/s1. The van der Waals surface area contributed by atoms with Gasteiger partial charge in [0.25, 0.3) is 0 Å². The summed E-state index contributed by atoms with van der Waals surface area (Å²) in [5.41, 5.74) is 7.06. The number of nitrogens with one attached hydrogen (secondary N) is 1. The van der Waals surface area contributed by atoms with Crippen LogP contribution in [-0.4, -0.2) is 43.2 Å². The van der Waals surface area contributed by atoms with Gasteiger partial charge in [-0.15, -0.1) is 0 Å². The number of alkyl halides is 3. The van der Waals surface area contributed by atoms with Gasteiger partial charge in [-0.05, 0) is 23.6 Å². The van der Waals surface area contributed by atoms with E-state index in [1.807, 2.05) is 30.3 Å². The van der Waals surface area contributed by atoms with Gasteiger partial charge in [-0.25, -0.2) is 0 Å². The van der Waals surface area contributed by atoms with Crippen LogP contribution in [0.15, 0.2) is 60.7 Å². The van der Waals surface area contributed by atoms with E-state index < -0.39 is 12.2 Å². The van der Waals surface area contributed by atoms with Crippen molar-refractivity contribution < 1.29 is 18.0 Å². The molecule has 28 heavy (non-hydrogen) atoms. The van der Waals surface area contributed by atoms with Crippen LogP contribution in [0.5, 0.6) is 0 Å². The molecule has 1 aliphatic heterocycles. The molecule has 4 nitrogen and oxygen atoms in total. The molecule has 3 atom stereocenters. The van der Waals surface area contributed by atoms with Crippen LogP contribution in [0.1, 0.15) is 23.1 Å². The lowest BCUT2D eigenvalue weighted by Crippen LogP contribution is -2.42. The quantitative estimate of drug-likeness (QED) is 0.796. The molecule has 0 spiro atoms. The normalized spacial score (nSPS) is 20.9. The Morgan fingerprint density at radius 1 is 1.07 bits per heavy atom. The van der Waals surface area contributed by atoms with E-state index >= 15 is 0 Å². The van der Waals surface area contributed by atoms with E-state index in [2.05, 4.69) is 5.32 Å². The summed E-state index contributed by atoms with van der Waals surface area (Å²) in [7, 11) is 0. The Morgan fingerprint density at radius 2 is 1.68 bits per heavy atom. The van der Waals surface area contributed by atoms with Crippen molar-refractivity contribution in [2.75, 3.05) is 26.2 Å². The first-order chi connectivity index (χ1) is 13.4. The van der Waals surface area contributed by atoms with Crippen molar-refractivity contribution in [3.05, 3.63) is 71.8 Å². The van der Waals surface area contributed by atoms with E-state index in [-0.39, 0.29) is 29.9 Å². The summed E-state index contributed by atoms with van der Waals surface area (Å²) in [5, 5.41) is 2.39. The van der Waals surface area contributed by atoms with Gasteiger partial charge in [-0.2, -0.15) is 13.2 Å². The predicted octanol–water partition coefficient (Wildman–Crippen LogP) is 3.08. The second-order valence-corrected chi connectivity index (χ2v) is 7.08. The van der Waals surface area contributed by atoms with Crippen molar-refractivity contribution in [1.82, 2.24) is 10.2 Å². The van der Waals surface area contributed by atoms with Crippen LogP contribution in [0.2, 0.25) is 0 Å². The monoisotopic (exact) mass is 391 g/mol. The first kappa shape index (κ1) is 20.4. The summed E-state index contributed by atoms with van der Waals surface area (Å²) in [6.45, 7) is 0.969. The van der Waals surface area contributed by atoms with Crippen LogP contribution in [0.4, 0.5) is 13.2 Å². The molecule has 3 N–H and O–H groups in total. The fraction of sp³-hybridized carbons (Fsp3) is 0.381. The molecule has 1 fully saturated rings. The summed E-state index contributed by atoms with van der Waals surface area (Å²) in [4.78, 5) is 14.2. The van der Waals surface area contributed by atoms with Crippen LogP contribution < -0.4 is 11.1 Å². The predicted molar refractivity (Wildman–Crippen MR) is 102 cm³/mol. The number of benzene rings is 2. The number of hydrogen-bond acceptors (Lipinski definition) is 3. The van der Waals surface area contributed by atoms with Gasteiger partial charge in [0.1, 0.15) is 6.04 Å². The summed E-state index contributed by atoms with van der Waals surface area (Å²) in [6.07, 6.45) is -4.49. The van der Waals surface area contributed by atoms with Crippen molar-refractivity contribution in [3.8, 4) is 0 Å². The van der Waals surface area contributed by atoms with Gasteiger partial charge < -0.3 is 10.6 Å². The molecule has 0 aromatic heterocycles. The fourth-order valence-electron chi connectivity index (χ4n) is 3.76. The lowest BCUT2D eigenvalue weighted by atomic mass is 9.89. The second-order valence-electron chi connectivity index (χ2n) is 7.08. The molecule has 2 aromatic rings. The largest absolute Gasteiger partial charge is 0.407 e. The molecule has 1 saturated heterocycles. The Hall–Kier alpha value is -2.38. The van der Waals surface area contributed by atoms with Gasteiger partial charge in [-0.1, -0.05) is 60.7 Å². The average molecular weight is 391 g/mol. The maximum Gasteiger partial charge on any atom is 0.407 e. The topological polar surface area (TPSA) is 58.4 Å². The van der Waals surface area contributed by atoms with Crippen LogP contribution in [-0.2, 0) is 4.79 Å². The molecular formula is C21H24F3N3O. The van der Waals surface area contributed by atoms with E-state index in [9.17, 15) is 18.0 Å². The van der Waals surface area contributed by atoms with Crippen molar-refractivity contribution in [3.63, 3.8) is 0 Å². The van der Waals surface area contributed by atoms with Crippen molar-refractivity contribution >= 4 is 5.91 Å². The zero-order chi connectivity index (χ0) is 20.1. The molecule has 0 aliphatic carbocycles. The molecule has 0 radical (unpaired) electrons. The third-order valence-electron chi connectivity index (χ3n) is 5.24. The van der Waals surface area contributed by atoms with E-state index in [0.29, 0.717) is 19.6 Å². The smallest absolute Gasteiger partial charge is 0.341 e. The SMILES string of the molecule is NC[C@@H]1CN(C(=O)CNC(c2ccccc2)C(F)(F)F)C[C@H]1c1ccccc1. The van der Waals surface area contributed by atoms with Gasteiger partial charge in [-0.3, -0.25) is 10.1 Å². The number of rotatable bonds is 6. The number of hydrogen-bond donors (Lipinski definition) is 2. The summed E-state index contributed by atoms with van der Waals surface area (Å²) in [5.74, 6) is -0.149. The zero-order valence-corrected chi connectivity index (χ0v) is 15.4. The molecule has 150 valence electrons. The molecule has 2 aromatic carbocycles. The number of likely N-dealkylation sites (tertiary alicyclic amines) is 1. The highest BCUT2D eigenvalue weighted by molar-refractivity contribution is 5.78. The molecule has 1 aliphatic rings. The Labute approximate surface area is 162 Å². The minimum Gasteiger partial charge on any atom is -0.341 e. The maximum atomic E-state index is 13.4. The van der Waals surface area contributed by atoms with Crippen molar-refractivity contribution in [1.29, 1.82) is 0 Å². The third-order valence-corrected chi connectivity index (χ3v) is 5.24. The van der Waals surface area contributed by atoms with Gasteiger partial charge in [0.15, 0.2) is 0 Å². The number of carbonyl (C=O) groups excluding carboxylic acids is 1. The highest BCUT2D eigenvalue weighted by atomic mass is 19.4. The van der Waals surface area contributed by atoms with Crippen LogP contribution in [0, 0.1) is 5.92 Å². The molecule has 1 heterocycles. The molecule has 0 saturated carbocycles. The van der Waals surface area contributed by atoms with E-state index in [0.717, 1.165) is 5.56 Å². The van der Waals surface area contributed by atoms with E-state index in [4.69, 9.17) is 5.73 Å². The van der Waals surface area contributed by atoms with Crippen LogP contribution >= 0.6 is 0 Å². The molecule has 3 rings (SSSR count).